The second-order valence-electron chi connectivity index (χ2n) is 7.01. The minimum Gasteiger partial charge on any atom is -0.491 e. The van der Waals surface area contributed by atoms with E-state index >= 15 is 0 Å². The van der Waals surface area contributed by atoms with E-state index in [0.717, 1.165) is 56.1 Å². The average molecular weight is 351 g/mol. The number of aryl methyl sites for hydroxylation is 1. The Hall–Kier alpha value is -2.53. The molecule has 2 aliphatic heterocycles. The number of likely N-dealkylation sites (N-methyl/N-ethyl adjacent to an activating group) is 1. The third-order valence-electron chi connectivity index (χ3n) is 5.17. The number of benzene rings is 2. The number of carbonyl (C=O) groups excluding carboxylic acids is 1. The molecule has 136 valence electrons. The molecule has 5 nitrogen and oxygen atoms in total. The number of hydrogen-bond donors (Lipinski definition) is 1. The van der Waals surface area contributed by atoms with Gasteiger partial charge in [0.05, 0.1) is 17.9 Å². The fraction of sp³-hybridized carbons (Fsp3) is 0.381. The number of anilines is 2. The van der Waals surface area contributed by atoms with Crippen molar-refractivity contribution >= 4 is 17.3 Å². The van der Waals surface area contributed by atoms with E-state index < -0.39 is 0 Å². The predicted octanol–water partition coefficient (Wildman–Crippen LogP) is 3.02. The Labute approximate surface area is 154 Å². The molecule has 1 amide bonds. The minimum atomic E-state index is -0.0814. The third-order valence-corrected chi connectivity index (χ3v) is 5.17. The minimum absolute atomic E-state index is 0.0814. The number of rotatable bonds is 3. The van der Waals surface area contributed by atoms with Gasteiger partial charge in [0, 0.05) is 31.9 Å². The Kier molecular flexibility index (Phi) is 4.80. The Morgan fingerprint density at radius 3 is 2.69 bits per heavy atom. The fourth-order valence-corrected chi connectivity index (χ4v) is 3.67. The van der Waals surface area contributed by atoms with Crippen molar-refractivity contribution in [2.24, 2.45) is 0 Å². The van der Waals surface area contributed by atoms with Crippen molar-refractivity contribution in [2.45, 2.75) is 12.8 Å². The molecule has 2 aromatic carbocycles. The van der Waals surface area contributed by atoms with Crippen molar-refractivity contribution in [2.75, 3.05) is 50.1 Å². The standard InChI is InChI=1S/C21H25N3O2/c1-23-11-13-24(14-12-23)19-10-3-2-8-17(19)21(25)22-18-9-4-6-16-7-5-15-26-20(16)18/h2-4,6,8-10H,5,7,11-15H2,1H3,(H,22,25). The van der Waals surface area contributed by atoms with Crippen LogP contribution in [-0.2, 0) is 6.42 Å². The van der Waals surface area contributed by atoms with Gasteiger partial charge in [-0.15, -0.1) is 0 Å². The summed E-state index contributed by atoms with van der Waals surface area (Å²) in [6.45, 7) is 4.60. The average Bonchev–Trinajstić information content (AvgIpc) is 2.69. The number of piperazine rings is 1. The van der Waals surface area contributed by atoms with Gasteiger partial charge in [0.2, 0.25) is 0 Å². The van der Waals surface area contributed by atoms with Gasteiger partial charge < -0.3 is 19.9 Å². The van der Waals surface area contributed by atoms with Crippen molar-refractivity contribution in [3.63, 3.8) is 0 Å². The molecule has 0 radical (unpaired) electrons. The first-order valence-electron chi connectivity index (χ1n) is 9.31. The molecule has 4 rings (SSSR count). The highest BCUT2D eigenvalue weighted by molar-refractivity contribution is 6.08. The summed E-state index contributed by atoms with van der Waals surface area (Å²) in [6, 6.07) is 13.8. The zero-order valence-electron chi connectivity index (χ0n) is 15.2. The molecule has 0 aromatic heterocycles. The number of ether oxygens (including phenoxy) is 1. The van der Waals surface area contributed by atoms with Crippen LogP contribution in [-0.4, -0.2) is 50.6 Å². The number of hydrogen-bond acceptors (Lipinski definition) is 4. The maximum Gasteiger partial charge on any atom is 0.257 e. The van der Waals surface area contributed by atoms with Crippen LogP contribution in [0, 0.1) is 0 Å². The summed E-state index contributed by atoms with van der Waals surface area (Å²) in [5.41, 5.74) is 3.65. The van der Waals surface area contributed by atoms with Gasteiger partial charge in [0.15, 0.2) is 0 Å². The second kappa shape index (κ2) is 7.38. The van der Waals surface area contributed by atoms with Crippen molar-refractivity contribution in [3.05, 3.63) is 53.6 Å². The van der Waals surface area contributed by atoms with Crippen LogP contribution in [0.1, 0.15) is 22.3 Å². The van der Waals surface area contributed by atoms with E-state index in [2.05, 4.69) is 28.2 Å². The Bertz CT molecular complexity index is 798. The summed E-state index contributed by atoms with van der Waals surface area (Å²) in [5, 5.41) is 3.07. The topological polar surface area (TPSA) is 44.8 Å². The molecule has 0 atom stereocenters. The first-order valence-corrected chi connectivity index (χ1v) is 9.31. The van der Waals surface area contributed by atoms with Crippen molar-refractivity contribution in [1.29, 1.82) is 0 Å². The van der Waals surface area contributed by atoms with E-state index in [1.165, 1.54) is 5.56 Å². The molecular weight excluding hydrogens is 326 g/mol. The van der Waals surface area contributed by atoms with E-state index in [9.17, 15) is 4.79 Å². The predicted molar refractivity (Wildman–Crippen MR) is 104 cm³/mol. The molecule has 0 aliphatic carbocycles. The van der Waals surface area contributed by atoms with E-state index in [-0.39, 0.29) is 5.91 Å². The molecule has 1 N–H and O–H groups in total. The van der Waals surface area contributed by atoms with Crippen molar-refractivity contribution in [3.8, 4) is 5.75 Å². The molecule has 2 aromatic rings. The van der Waals surface area contributed by atoms with E-state index in [1.54, 1.807) is 0 Å². The third kappa shape index (κ3) is 3.40. The van der Waals surface area contributed by atoms with Crippen molar-refractivity contribution in [1.82, 2.24) is 4.90 Å². The van der Waals surface area contributed by atoms with Crippen LogP contribution in [0.25, 0.3) is 0 Å². The summed E-state index contributed by atoms with van der Waals surface area (Å²) in [7, 11) is 2.13. The van der Waals surface area contributed by atoms with E-state index in [1.807, 2.05) is 36.4 Å². The lowest BCUT2D eigenvalue weighted by atomic mass is 10.0. The van der Waals surface area contributed by atoms with E-state index in [4.69, 9.17) is 4.74 Å². The zero-order chi connectivity index (χ0) is 17.9. The van der Waals surface area contributed by atoms with Gasteiger partial charge in [-0.05, 0) is 43.7 Å². The zero-order valence-corrected chi connectivity index (χ0v) is 15.2. The molecule has 0 unspecified atom stereocenters. The summed E-state index contributed by atoms with van der Waals surface area (Å²) >= 11 is 0. The molecule has 0 saturated carbocycles. The van der Waals surface area contributed by atoms with Crippen LogP contribution in [0.3, 0.4) is 0 Å². The Morgan fingerprint density at radius 2 is 1.85 bits per heavy atom. The van der Waals surface area contributed by atoms with Gasteiger partial charge in [-0.1, -0.05) is 24.3 Å². The van der Waals surface area contributed by atoms with Crippen LogP contribution < -0.4 is 15.0 Å². The molecule has 0 spiro atoms. The highest BCUT2D eigenvalue weighted by atomic mass is 16.5. The Balaban J connectivity index is 1.58. The fourth-order valence-electron chi connectivity index (χ4n) is 3.67. The first kappa shape index (κ1) is 16.9. The number of nitrogens with one attached hydrogen (secondary N) is 1. The lowest BCUT2D eigenvalue weighted by Gasteiger charge is -2.35. The maximum absolute atomic E-state index is 13.0. The number of para-hydroxylation sites is 2. The number of carbonyl (C=O) groups is 1. The van der Waals surface area contributed by atoms with Gasteiger partial charge in [-0.3, -0.25) is 4.79 Å². The number of nitrogens with zero attached hydrogens (tertiary/aromatic N) is 2. The van der Waals surface area contributed by atoms with Crippen LogP contribution in [0.15, 0.2) is 42.5 Å². The van der Waals surface area contributed by atoms with Gasteiger partial charge in [0.25, 0.3) is 5.91 Å². The molecule has 2 heterocycles. The van der Waals surface area contributed by atoms with Gasteiger partial charge >= 0.3 is 0 Å². The molecule has 0 bridgehead atoms. The lowest BCUT2D eigenvalue weighted by molar-refractivity contribution is 0.102. The number of fused-ring (bicyclic) bond motifs is 1. The van der Waals surface area contributed by atoms with Gasteiger partial charge in [-0.2, -0.15) is 0 Å². The summed E-state index contributed by atoms with van der Waals surface area (Å²) in [6.07, 6.45) is 2.02. The molecule has 26 heavy (non-hydrogen) atoms. The highest BCUT2D eigenvalue weighted by Gasteiger charge is 2.21. The SMILES string of the molecule is CN1CCN(c2ccccc2C(=O)Nc2cccc3c2OCCC3)CC1. The summed E-state index contributed by atoms with van der Waals surface area (Å²) < 4.78 is 5.82. The van der Waals surface area contributed by atoms with E-state index in [0.29, 0.717) is 12.2 Å². The quantitative estimate of drug-likeness (QED) is 0.923. The maximum atomic E-state index is 13.0. The smallest absolute Gasteiger partial charge is 0.257 e. The van der Waals surface area contributed by atoms with Crippen LogP contribution in [0.4, 0.5) is 11.4 Å². The summed E-state index contributed by atoms with van der Waals surface area (Å²) in [5.74, 6) is 0.742. The summed E-state index contributed by atoms with van der Waals surface area (Å²) in [4.78, 5) is 17.6. The lowest BCUT2D eigenvalue weighted by Crippen LogP contribution is -2.45. The molecular formula is C21H25N3O2. The first-order chi connectivity index (χ1) is 12.7. The normalized spacial score (nSPS) is 17.3. The highest BCUT2D eigenvalue weighted by Crippen LogP contribution is 2.33. The molecule has 1 fully saturated rings. The molecule has 5 heteroatoms. The van der Waals surface area contributed by atoms with Crippen LogP contribution in [0.2, 0.25) is 0 Å². The number of amides is 1. The largest absolute Gasteiger partial charge is 0.491 e. The van der Waals surface area contributed by atoms with Crippen LogP contribution in [0.5, 0.6) is 5.75 Å². The van der Waals surface area contributed by atoms with Gasteiger partial charge in [-0.25, -0.2) is 0 Å². The second-order valence-corrected chi connectivity index (χ2v) is 7.01. The Morgan fingerprint density at radius 1 is 1.04 bits per heavy atom. The monoisotopic (exact) mass is 351 g/mol. The van der Waals surface area contributed by atoms with Crippen molar-refractivity contribution < 1.29 is 9.53 Å². The van der Waals surface area contributed by atoms with Gasteiger partial charge in [0.1, 0.15) is 5.75 Å². The molecule has 1 saturated heterocycles. The molecule has 2 aliphatic rings. The van der Waals surface area contributed by atoms with Crippen LogP contribution >= 0.6 is 0 Å².